The predicted octanol–water partition coefficient (Wildman–Crippen LogP) is 2.51. The molecule has 1 heterocycles. The van der Waals surface area contributed by atoms with Crippen LogP contribution < -0.4 is 10.6 Å². The van der Waals surface area contributed by atoms with Crippen molar-refractivity contribution in [3.8, 4) is 6.07 Å². The van der Waals surface area contributed by atoms with Crippen molar-refractivity contribution in [1.82, 2.24) is 4.31 Å². The minimum absolute atomic E-state index is 0.152. The fourth-order valence-electron chi connectivity index (χ4n) is 3.28. The summed E-state index contributed by atoms with van der Waals surface area (Å²) in [6.07, 6.45) is 0.281. The molecule has 3 rings (SSSR count). The van der Waals surface area contributed by atoms with Crippen LogP contribution in [0.2, 0.25) is 0 Å². The van der Waals surface area contributed by atoms with Crippen LogP contribution in [0.25, 0.3) is 0 Å². The average molecular weight is 485 g/mol. The Kier molecular flexibility index (Phi) is 7.99. The maximum Gasteiger partial charge on any atom is 0.338 e. The van der Waals surface area contributed by atoms with Crippen molar-refractivity contribution in [2.75, 3.05) is 23.7 Å². The third-order valence-electron chi connectivity index (χ3n) is 5.12. The summed E-state index contributed by atoms with van der Waals surface area (Å²) < 4.78 is 31.8. The van der Waals surface area contributed by atoms with Gasteiger partial charge in [0.25, 0.3) is 5.91 Å². The molecule has 178 valence electrons. The van der Waals surface area contributed by atoms with Gasteiger partial charge < -0.3 is 15.4 Å². The lowest BCUT2D eigenvalue weighted by molar-refractivity contribution is -0.123. The molecule has 2 aromatic carbocycles. The van der Waals surface area contributed by atoms with Gasteiger partial charge in [0, 0.05) is 24.5 Å². The first kappa shape index (κ1) is 24.9. The zero-order chi connectivity index (χ0) is 24.7. The number of carbonyl (C=O) groups excluding carboxylic acids is 3. The molecule has 0 aromatic heterocycles. The van der Waals surface area contributed by atoms with Crippen molar-refractivity contribution in [2.24, 2.45) is 0 Å². The summed E-state index contributed by atoms with van der Waals surface area (Å²) in [6, 6.07) is 13.4. The van der Waals surface area contributed by atoms with Crippen molar-refractivity contribution in [3.05, 3.63) is 54.1 Å². The zero-order valence-corrected chi connectivity index (χ0v) is 19.3. The molecule has 1 atom stereocenters. The van der Waals surface area contributed by atoms with Crippen molar-refractivity contribution < 1.29 is 27.5 Å². The number of hydrogen-bond acceptors (Lipinski definition) is 7. The molecule has 0 aliphatic carbocycles. The SMILES string of the molecule is CC(OC(=O)c1ccc(NC(=O)CC#N)cc1)C(=O)Nc1ccc(S(=O)(=O)N2CCCC2)cc1. The second-order valence-corrected chi connectivity index (χ2v) is 9.57. The maximum atomic E-state index is 12.6. The van der Waals surface area contributed by atoms with E-state index in [1.165, 1.54) is 59.8 Å². The second kappa shape index (κ2) is 10.9. The molecule has 10 nitrogen and oxygen atoms in total. The van der Waals surface area contributed by atoms with Gasteiger partial charge in [-0.2, -0.15) is 9.57 Å². The number of nitrogens with zero attached hydrogens (tertiary/aromatic N) is 2. The third kappa shape index (κ3) is 6.18. The van der Waals surface area contributed by atoms with Gasteiger partial charge in [-0.15, -0.1) is 0 Å². The Balaban J connectivity index is 1.55. The van der Waals surface area contributed by atoms with Gasteiger partial charge in [0.15, 0.2) is 6.10 Å². The number of rotatable bonds is 8. The highest BCUT2D eigenvalue weighted by atomic mass is 32.2. The van der Waals surface area contributed by atoms with Crippen LogP contribution in [0, 0.1) is 11.3 Å². The van der Waals surface area contributed by atoms with Gasteiger partial charge in [-0.25, -0.2) is 13.2 Å². The largest absolute Gasteiger partial charge is 0.449 e. The fourth-order valence-corrected chi connectivity index (χ4v) is 4.80. The van der Waals surface area contributed by atoms with Crippen LogP contribution in [0.15, 0.2) is 53.4 Å². The van der Waals surface area contributed by atoms with Crippen LogP contribution in [-0.2, 0) is 24.3 Å². The van der Waals surface area contributed by atoms with E-state index in [9.17, 15) is 22.8 Å². The van der Waals surface area contributed by atoms with Crippen LogP contribution in [0.3, 0.4) is 0 Å². The molecule has 0 spiro atoms. The van der Waals surface area contributed by atoms with Crippen LogP contribution in [-0.4, -0.2) is 49.7 Å². The van der Waals surface area contributed by atoms with E-state index < -0.39 is 33.9 Å². The van der Waals surface area contributed by atoms with Gasteiger partial charge in [-0.05, 0) is 68.3 Å². The molecule has 2 N–H and O–H groups in total. The summed E-state index contributed by atoms with van der Waals surface area (Å²) in [5.41, 5.74) is 0.956. The summed E-state index contributed by atoms with van der Waals surface area (Å²) in [7, 11) is -3.55. The first-order valence-corrected chi connectivity index (χ1v) is 12.0. The van der Waals surface area contributed by atoms with E-state index in [2.05, 4.69) is 10.6 Å². The van der Waals surface area contributed by atoms with Gasteiger partial charge in [-0.3, -0.25) is 9.59 Å². The summed E-state index contributed by atoms with van der Waals surface area (Å²) in [5.74, 6) is -1.78. The van der Waals surface area contributed by atoms with Crippen LogP contribution in [0.5, 0.6) is 0 Å². The topological polar surface area (TPSA) is 146 Å². The second-order valence-electron chi connectivity index (χ2n) is 7.63. The molecular formula is C23H24N4O6S. The lowest BCUT2D eigenvalue weighted by Gasteiger charge is -2.16. The highest BCUT2D eigenvalue weighted by Gasteiger charge is 2.27. The van der Waals surface area contributed by atoms with Crippen molar-refractivity contribution in [2.45, 2.75) is 37.2 Å². The number of hydrogen-bond donors (Lipinski definition) is 2. The van der Waals surface area contributed by atoms with Crippen molar-refractivity contribution in [1.29, 1.82) is 5.26 Å². The van der Waals surface area contributed by atoms with E-state index in [1.54, 1.807) is 6.07 Å². The highest BCUT2D eigenvalue weighted by Crippen LogP contribution is 2.22. The van der Waals surface area contributed by atoms with Gasteiger partial charge in [0.2, 0.25) is 15.9 Å². The van der Waals surface area contributed by atoms with Crippen LogP contribution in [0.4, 0.5) is 11.4 Å². The van der Waals surface area contributed by atoms with Gasteiger partial charge in [0.1, 0.15) is 6.42 Å². The van der Waals surface area contributed by atoms with Crippen LogP contribution in [0.1, 0.15) is 36.5 Å². The predicted molar refractivity (Wildman–Crippen MR) is 123 cm³/mol. The molecule has 0 saturated carbocycles. The summed E-state index contributed by atoms with van der Waals surface area (Å²) in [6.45, 7) is 2.42. The molecule has 1 unspecified atom stereocenters. The van der Waals surface area contributed by atoms with Crippen LogP contribution >= 0.6 is 0 Å². The monoisotopic (exact) mass is 484 g/mol. The van der Waals surface area contributed by atoms with Crippen molar-refractivity contribution >= 4 is 39.2 Å². The molecule has 0 radical (unpaired) electrons. The number of ether oxygens (including phenoxy) is 1. The lowest BCUT2D eigenvalue weighted by Crippen LogP contribution is -2.30. The number of carbonyl (C=O) groups is 3. The molecule has 2 aromatic rings. The Morgan fingerprint density at radius 2 is 1.56 bits per heavy atom. The summed E-state index contributed by atoms with van der Waals surface area (Å²) in [4.78, 5) is 36.3. The maximum absolute atomic E-state index is 12.6. The minimum Gasteiger partial charge on any atom is -0.449 e. The number of nitriles is 1. The number of esters is 1. The number of sulfonamides is 1. The first-order chi connectivity index (χ1) is 16.2. The fraction of sp³-hybridized carbons (Fsp3) is 0.304. The molecule has 1 saturated heterocycles. The Morgan fingerprint density at radius 1 is 1.00 bits per heavy atom. The standard InChI is InChI=1S/C23H24N4O6S/c1-16(33-23(30)17-4-6-18(7-5-17)25-21(28)12-13-24)22(29)26-19-8-10-20(11-9-19)34(31,32)27-14-2-3-15-27/h4-11,16H,2-3,12,14-15H2,1H3,(H,25,28)(H,26,29). The van der Waals surface area contributed by atoms with E-state index >= 15 is 0 Å². The molecule has 0 bridgehead atoms. The van der Waals surface area contributed by atoms with E-state index in [4.69, 9.17) is 10.00 Å². The molecular weight excluding hydrogens is 460 g/mol. The Hall–Kier alpha value is -3.75. The third-order valence-corrected chi connectivity index (χ3v) is 7.03. The number of benzene rings is 2. The zero-order valence-electron chi connectivity index (χ0n) is 18.5. The normalized spacial score (nSPS) is 14.6. The van der Waals surface area contributed by atoms with E-state index in [0.717, 1.165) is 12.8 Å². The Labute approximate surface area is 197 Å². The molecule has 1 aliphatic heterocycles. The lowest BCUT2D eigenvalue weighted by atomic mass is 10.2. The summed E-state index contributed by atoms with van der Waals surface area (Å²) >= 11 is 0. The molecule has 11 heteroatoms. The quantitative estimate of drug-likeness (QED) is 0.547. The van der Waals surface area contributed by atoms with Crippen molar-refractivity contribution in [3.63, 3.8) is 0 Å². The van der Waals surface area contributed by atoms with Gasteiger partial charge in [-0.1, -0.05) is 0 Å². The highest BCUT2D eigenvalue weighted by molar-refractivity contribution is 7.89. The smallest absolute Gasteiger partial charge is 0.338 e. The number of nitrogens with one attached hydrogen (secondary N) is 2. The van der Waals surface area contributed by atoms with E-state index in [-0.39, 0.29) is 16.9 Å². The Bertz CT molecular complexity index is 1200. The number of anilines is 2. The van der Waals surface area contributed by atoms with Gasteiger partial charge >= 0.3 is 5.97 Å². The van der Waals surface area contributed by atoms with E-state index in [0.29, 0.717) is 24.5 Å². The first-order valence-electron chi connectivity index (χ1n) is 10.6. The van der Waals surface area contributed by atoms with Gasteiger partial charge in [0.05, 0.1) is 16.5 Å². The summed E-state index contributed by atoms with van der Waals surface area (Å²) in [5, 5.41) is 13.6. The molecule has 1 fully saturated rings. The molecule has 34 heavy (non-hydrogen) atoms. The minimum atomic E-state index is -3.55. The Morgan fingerprint density at radius 3 is 2.15 bits per heavy atom. The molecule has 1 aliphatic rings. The number of amides is 2. The average Bonchev–Trinajstić information content (AvgIpc) is 3.36. The van der Waals surface area contributed by atoms with E-state index in [1.807, 2.05) is 0 Å². The molecule has 2 amide bonds.